The molecule has 0 nitrogen and oxygen atoms in total. The molecule has 5 atom stereocenters. The van der Waals surface area contributed by atoms with Crippen LogP contribution >= 0.6 is 0 Å². The van der Waals surface area contributed by atoms with Crippen LogP contribution in [0.1, 0.15) is 78.6 Å². The van der Waals surface area contributed by atoms with Crippen LogP contribution in [-0.4, -0.2) is 0 Å². The lowest BCUT2D eigenvalue weighted by molar-refractivity contribution is -0.155. The molecule has 0 aromatic rings. The van der Waals surface area contributed by atoms with E-state index in [1.165, 1.54) is 57.8 Å². The molecule has 4 saturated carbocycles. The standard InChI is InChI=1S/C20H32/c1-14-8-11-20-13-15(14)12-16(20)6-7-17-18(2,3)9-5-10-19(17,20)4/h15-17H,1,5-13H2,2-4H3. The van der Waals surface area contributed by atoms with Crippen molar-refractivity contribution in [2.24, 2.45) is 34.0 Å². The van der Waals surface area contributed by atoms with Gasteiger partial charge in [0.25, 0.3) is 0 Å². The lowest BCUT2D eigenvalue weighted by Gasteiger charge is -2.65. The quantitative estimate of drug-likeness (QED) is 0.476. The highest BCUT2D eigenvalue weighted by Crippen LogP contribution is 2.74. The van der Waals surface area contributed by atoms with Gasteiger partial charge in [0.15, 0.2) is 0 Å². The third-order valence-corrected chi connectivity index (χ3v) is 8.60. The number of hydrogen-bond acceptors (Lipinski definition) is 0. The van der Waals surface area contributed by atoms with Crippen LogP contribution in [0.25, 0.3) is 0 Å². The average molecular weight is 272 g/mol. The lowest BCUT2D eigenvalue weighted by Crippen LogP contribution is -2.57. The molecule has 20 heavy (non-hydrogen) atoms. The van der Waals surface area contributed by atoms with E-state index in [0.717, 1.165) is 17.8 Å². The molecule has 0 amide bonds. The van der Waals surface area contributed by atoms with Gasteiger partial charge in [0.05, 0.1) is 0 Å². The molecule has 1 spiro atoms. The summed E-state index contributed by atoms with van der Waals surface area (Å²) in [4.78, 5) is 0. The Morgan fingerprint density at radius 2 is 1.85 bits per heavy atom. The molecule has 0 N–H and O–H groups in total. The Labute approximate surface area is 125 Å². The van der Waals surface area contributed by atoms with Gasteiger partial charge in [-0.05, 0) is 85.4 Å². The minimum absolute atomic E-state index is 0.583. The molecule has 4 aliphatic rings. The molecule has 112 valence electrons. The molecule has 2 bridgehead atoms. The molecular weight excluding hydrogens is 240 g/mol. The molecular formula is C20H32. The Bertz CT molecular complexity index is 445. The van der Waals surface area contributed by atoms with Crippen molar-refractivity contribution in [2.75, 3.05) is 0 Å². The second-order valence-corrected chi connectivity index (χ2v) is 9.54. The second-order valence-electron chi connectivity index (χ2n) is 9.54. The van der Waals surface area contributed by atoms with Gasteiger partial charge in [0.1, 0.15) is 0 Å². The van der Waals surface area contributed by atoms with Crippen molar-refractivity contribution in [3.8, 4) is 0 Å². The van der Waals surface area contributed by atoms with Crippen molar-refractivity contribution in [1.29, 1.82) is 0 Å². The first-order chi connectivity index (χ1) is 9.39. The van der Waals surface area contributed by atoms with E-state index in [1.54, 1.807) is 5.57 Å². The first-order valence-corrected chi connectivity index (χ1v) is 9.07. The number of rotatable bonds is 0. The number of allylic oxidation sites excluding steroid dienone is 1. The summed E-state index contributed by atoms with van der Waals surface area (Å²) in [5, 5.41) is 0. The van der Waals surface area contributed by atoms with Crippen LogP contribution in [0.15, 0.2) is 12.2 Å². The van der Waals surface area contributed by atoms with Crippen LogP contribution in [0.3, 0.4) is 0 Å². The molecule has 0 aromatic heterocycles. The largest absolute Gasteiger partial charge is 0.0996 e. The summed E-state index contributed by atoms with van der Waals surface area (Å²) >= 11 is 0. The Hall–Kier alpha value is -0.260. The molecule has 0 heterocycles. The van der Waals surface area contributed by atoms with Gasteiger partial charge in [-0.25, -0.2) is 0 Å². The van der Waals surface area contributed by atoms with Gasteiger partial charge in [0.2, 0.25) is 0 Å². The van der Waals surface area contributed by atoms with Gasteiger partial charge >= 0.3 is 0 Å². The Morgan fingerprint density at radius 1 is 1.05 bits per heavy atom. The van der Waals surface area contributed by atoms with Crippen molar-refractivity contribution >= 4 is 0 Å². The first kappa shape index (κ1) is 13.4. The van der Waals surface area contributed by atoms with Gasteiger partial charge in [0, 0.05) is 0 Å². The summed E-state index contributed by atoms with van der Waals surface area (Å²) in [6.07, 6.45) is 13.3. The van der Waals surface area contributed by atoms with E-state index in [4.69, 9.17) is 0 Å². The minimum atomic E-state index is 0.583. The normalized spacial score (nSPS) is 53.4. The maximum atomic E-state index is 4.40. The van der Waals surface area contributed by atoms with E-state index in [9.17, 15) is 0 Å². The number of fused-ring (bicyclic) bond motifs is 2. The van der Waals surface area contributed by atoms with E-state index in [2.05, 4.69) is 27.4 Å². The Balaban J connectivity index is 1.79. The van der Waals surface area contributed by atoms with Crippen molar-refractivity contribution < 1.29 is 0 Å². The van der Waals surface area contributed by atoms with E-state index >= 15 is 0 Å². The predicted octanol–water partition coefficient (Wildman–Crippen LogP) is 5.98. The summed E-state index contributed by atoms with van der Waals surface area (Å²) in [6.45, 7) is 12.3. The third-order valence-electron chi connectivity index (χ3n) is 8.60. The summed E-state index contributed by atoms with van der Waals surface area (Å²) in [5.74, 6) is 2.89. The zero-order valence-corrected chi connectivity index (χ0v) is 13.8. The fourth-order valence-electron chi connectivity index (χ4n) is 7.64. The highest BCUT2D eigenvalue weighted by molar-refractivity contribution is 5.22. The predicted molar refractivity (Wildman–Crippen MR) is 85.5 cm³/mol. The fraction of sp³-hybridized carbons (Fsp3) is 0.900. The molecule has 0 heteroatoms. The Morgan fingerprint density at radius 3 is 2.65 bits per heavy atom. The summed E-state index contributed by atoms with van der Waals surface area (Å²) in [5.41, 5.74) is 3.51. The maximum Gasteiger partial charge on any atom is -0.0197 e. The first-order valence-electron chi connectivity index (χ1n) is 9.07. The van der Waals surface area contributed by atoms with Crippen molar-refractivity contribution in [3.05, 3.63) is 12.2 Å². The van der Waals surface area contributed by atoms with E-state index in [0.29, 0.717) is 16.2 Å². The molecule has 4 rings (SSSR count). The fourth-order valence-corrected chi connectivity index (χ4v) is 7.64. The minimum Gasteiger partial charge on any atom is -0.0996 e. The van der Waals surface area contributed by atoms with Gasteiger partial charge in [-0.2, -0.15) is 0 Å². The van der Waals surface area contributed by atoms with E-state index in [1.807, 2.05) is 0 Å². The van der Waals surface area contributed by atoms with Gasteiger partial charge in [-0.1, -0.05) is 39.3 Å². The molecule has 0 aliphatic heterocycles. The van der Waals surface area contributed by atoms with Crippen LogP contribution < -0.4 is 0 Å². The highest BCUT2D eigenvalue weighted by atomic mass is 14.7. The topological polar surface area (TPSA) is 0 Å². The zero-order valence-electron chi connectivity index (χ0n) is 13.8. The molecule has 0 aromatic carbocycles. The van der Waals surface area contributed by atoms with Gasteiger partial charge in [-0.15, -0.1) is 0 Å². The van der Waals surface area contributed by atoms with Crippen molar-refractivity contribution in [1.82, 2.24) is 0 Å². The van der Waals surface area contributed by atoms with Gasteiger partial charge < -0.3 is 0 Å². The summed E-state index contributed by atoms with van der Waals surface area (Å²) in [6, 6.07) is 0. The van der Waals surface area contributed by atoms with Crippen LogP contribution in [0.2, 0.25) is 0 Å². The van der Waals surface area contributed by atoms with E-state index < -0.39 is 0 Å². The molecule has 0 saturated heterocycles. The van der Waals surface area contributed by atoms with Crippen LogP contribution in [0.4, 0.5) is 0 Å². The summed E-state index contributed by atoms with van der Waals surface area (Å²) < 4.78 is 0. The zero-order chi connectivity index (χ0) is 14.2. The molecule has 4 aliphatic carbocycles. The van der Waals surface area contributed by atoms with Crippen LogP contribution in [-0.2, 0) is 0 Å². The third kappa shape index (κ3) is 1.44. The van der Waals surface area contributed by atoms with Crippen LogP contribution in [0, 0.1) is 34.0 Å². The maximum absolute atomic E-state index is 4.40. The Kier molecular flexibility index (Phi) is 2.63. The molecule has 4 fully saturated rings. The van der Waals surface area contributed by atoms with Crippen molar-refractivity contribution in [3.63, 3.8) is 0 Å². The SMILES string of the molecule is C=C1CCC23CC1CC2CCC1C(C)(C)CCCC13C. The van der Waals surface area contributed by atoms with Crippen LogP contribution in [0.5, 0.6) is 0 Å². The average Bonchev–Trinajstić information content (AvgIpc) is 2.70. The number of hydrogen-bond donors (Lipinski definition) is 0. The van der Waals surface area contributed by atoms with Crippen molar-refractivity contribution in [2.45, 2.75) is 78.6 Å². The molecule has 0 radical (unpaired) electrons. The highest BCUT2D eigenvalue weighted by Gasteiger charge is 2.65. The lowest BCUT2D eigenvalue weighted by atomic mass is 9.40. The van der Waals surface area contributed by atoms with Gasteiger partial charge in [-0.3, -0.25) is 0 Å². The monoisotopic (exact) mass is 272 g/mol. The van der Waals surface area contributed by atoms with E-state index in [-0.39, 0.29) is 0 Å². The summed E-state index contributed by atoms with van der Waals surface area (Å²) in [7, 11) is 0. The second kappa shape index (κ2) is 3.93. The molecule has 5 unspecified atom stereocenters. The smallest absolute Gasteiger partial charge is 0.0197 e.